The molecule has 3 radical (unpaired) electrons. The minimum absolute atomic E-state index is 0.0179. The van der Waals surface area contributed by atoms with Gasteiger partial charge in [-0.1, -0.05) is 0 Å². The van der Waals surface area contributed by atoms with Crippen molar-refractivity contribution >= 4 is 46.4 Å². The molecule has 10 heavy (non-hydrogen) atoms. The molecule has 5 heteroatoms. The number of imide groups is 1. The number of hydrogen-bond donors (Lipinski definition) is 0. The molecule has 0 aromatic rings. The van der Waals surface area contributed by atoms with E-state index in [0.29, 0.717) is 6.42 Å². The van der Waals surface area contributed by atoms with Crippen molar-refractivity contribution in [2.45, 2.75) is 11.7 Å². The number of rotatable bonds is 1. The van der Waals surface area contributed by atoms with Gasteiger partial charge in [0.1, 0.15) is 0 Å². The monoisotopic (exact) mass is 264 g/mol. The molecule has 1 aliphatic rings. The van der Waals surface area contributed by atoms with Crippen LogP contribution in [0.4, 0.5) is 0 Å². The van der Waals surface area contributed by atoms with Crippen molar-refractivity contribution in [1.82, 2.24) is 3.12 Å². The summed E-state index contributed by atoms with van der Waals surface area (Å²) >= 11 is 2.33. The molecule has 1 atom stereocenters. The van der Waals surface area contributed by atoms with Gasteiger partial charge in [0, 0.05) is 0 Å². The fraction of sp³-hybridized carbons (Fsp3) is 0.600. The SMILES string of the molecule is CSC1CC(=O)[N]([Sn])C1=O. The average molecular weight is 263 g/mol. The van der Waals surface area contributed by atoms with Gasteiger partial charge in [-0.25, -0.2) is 0 Å². The first-order chi connectivity index (χ1) is 4.66. The third-order valence-corrected chi connectivity index (χ3v) is 3.67. The number of nitrogens with zero attached hydrogens (tertiary/aromatic N) is 1. The van der Waals surface area contributed by atoms with Crippen molar-refractivity contribution in [3.05, 3.63) is 0 Å². The summed E-state index contributed by atoms with van der Waals surface area (Å²) in [7, 11) is 0. The Hall–Kier alpha value is 0.289. The van der Waals surface area contributed by atoms with E-state index >= 15 is 0 Å². The van der Waals surface area contributed by atoms with E-state index in [-0.39, 0.29) is 17.1 Å². The van der Waals surface area contributed by atoms with Crippen molar-refractivity contribution in [2.75, 3.05) is 6.26 Å². The van der Waals surface area contributed by atoms with Crippen LogP contribution >= 0.6 is 11.8 Å². The van der Waals surface area contributed by atoms with Crippen molar-refractivity contribution in [3.63, 3.8) is 0 Å². The van der Waals surface area contributed by atoms with Crippen LogP contribution in [0.1, 0.15) is 6.42 Å². The molecular formula is C5H6NO2SSn. The molecule has 1 unspecified atom stereocenters. The summed E-state index contributed by atoms with van der Waals surface area (Å²) in [6.45, 7) is 0. The number of carbonyl (C=O) groups is 2. The number of carbonyl (C=O) groups excluding carboxylic acids is 2. The van der Waals surface area contributed by atoms with Crippen molar-refractivity contribution < 1.29 is 9.59 Å². The fourth-order valence-corrected chi connectivity index (χ4v) is 2.38. The zero-order chi connectivity index (χ0) is 7.72. The maximum atomic E-state index is 11.1. The predicted molar refractivity (Wildman–Crippen MR) is 39.5 cm³/mol. The van der Waals surface area contributed by atoms with Crippen LogP contribution in [0.2, 0.25) is 0 Å². The van der Waals surface area contributed by atoms with Gasteiger partial charge in [0.15, 0.2) is 0 Å². The van der Waals surface area contributed by atoms with E-state index < -0.39 is 0 Å². The first-order valence-corrected chi connectivity index (χ1v) is 5.34. The second kappa shape index (κ2) is 3.13. The summed E-state index contributed by atoms with van der Waals surface area (Å²) in [6, 6.07) is 0. The molecule has 1 fully saturated rings. The minimum atomic E-state index is -0.105. The maximum absolute atomic E-state index is 11.1. The Balaban J connectivity index is 2.71. The molecule has 2 amide bonds. The Morgan fingerprint density at radius 1 is 1.70 bits per heavy atom. The van der Waals surface area contributed by atoms with Gasteiger partial charge >= 0.3 is 77.0 Å². The van der Waals surface area contributed by atoms with E-state index in [2.05, 4.69) is 0 Å². The summed E-state index contributed by atoms with van der Waals surface area (Å²) in [5.74, 6) is -0.0433. The van der Waals surface area contributed by atoms with Crippen LogP contribution in [-0.4, -0.2) is 49.2 Å². The van der Waals surface area contributed by atoms with Crippen LogP contribution in [0.5, 0.6) is 0 Å². The number of hydrogen-bond acceptors (Lipinski definition) is 3. The Labute approximate surface area is 77.0 Å². The summed E-state index contributed by atoms with van der Waals surface area (Å²) < 4.78 is 1.29. The predicted octanol–water partition coefficient (Wildman–Crippen LogP) is -0.440. The van der Waals surface area contributed by atoms with Crippen LogP contribution in [0.25, 0.3) is 0 Å². The quantitative estimate of drug-likeness (QED) is 0.475. The van der Waals surface area contributed by atoms with Gasteiger partial charge in [-0.05, 0) is 0 Å². The van der Waals surface area contributed by atoms with Crippen molar-refractivity contribution in [2.24, 2.45) is 0 Å². The number of amides is 2. The van der Waals surface area contributed by atoms with E-state index in [1.54, 1.807) is 0 Å². The topological polar surface area (TPSA) is 37.4 Å². The molecule has 0 saturated carbocycles. The molecule has 0 aromatic heterocycles. The molecule has 0 aliphatic carbocycles. The van der Waals surface area contributed by atoms with Crippen LogP contribution in [0.15, 0.2) is 0 Å². The Morgan fingerprint density at radius 2 is 2.30 bits per heavy atom. The second-order valence-electron chi connectivity index (χ2n) is 2.00. The fourth-order valence-electron chi connectivity index (χ4n) is 0.788. The summed E-state index contributed by atoms with van der Waals surface area (Å²) in [6.07, 6.45) is 2.25. The van der Waals surface area contributed by atoms with Gasteiger partial charge in [-0.15, -0.1) is 0 Å². The van der Waals surface area contributed by atoms with Gasteiger partial charge in [0.2, 0.25) is 0 Å². The van der Waals surface area contributed by atoms with E-state index in [1.807, 2.05) is 6.26 Å². The Morgan fingerprint density at radius 3 is 2.50 bits per heavy atom. The molecule has 1 saturated heterocycles. The molecule has 3 nitrogen and oxygen atoms in total. The standard InChI is InChI=1S/C5H7NO2S.Sn/c1-9-3-2-4(7)6-5(3)8;/h3H,2H2,1H3,(H,6,7,8);/q;+1/p-1. The molecule has 0 N–H and O–H groups in total. The molecule has 1 heterocycles. The van der Waals surface area contributed by atoms with Gasteiger partial charge in [-0.3, -0.25) is 0 Å². The average Bonchev–Trinajstić information content (AvgIpc) is 2.17. The first-order valence-electron chi connectivity index (χ1n) is 2.77. The molecule has 1 aliphatic heterocycles. The van der Waals surface area contributed by atoms with Crippen LogP contribution in [-0.2, 0) is 9.59 Å². The number of thioether (sulfide) groups is 1. The van der Waals surface area contributed by atoms with Gasteiger partial charge < -0.3 is 0 Å². The second-order valence-corrected chi connectivity index (χ2v) is 4.31. The van der Waals surface area contributed by atoms with Crippen LogP contribution in [0, 0.1) is 0 Å². The van der Waals surface area contributed by atoms with Crippen molar-refractivity contribution in [1.29, 1.82) is 0 Å². The Bertz CT molecular complexity index is 184. The molecule has 1 rings (SSSR count). The van der Waals surface area contributed by atoms with Gasteiger partial charge in [0.25, 0.3) is 0 Å². The third kappa shape index (κ3) is 1.32. The molecule has 0 bridgehead atoms. The van der Waals surface area contributed by atoms with Gasteiger partial charge in [-0.2, -0.15) is 0 Å². The summed E-state index contributed by atoms with van der Waals surface area (Å²) in [5.41, 5.74) is 0. The molecular weight excluding hydrogens is 257 g/mol. The van der Waals surface area contributed by atoms with E-state index in [0.717, 1.165) is 22.8 Å². The summed E-state index contributed by atoms with van der Waals surface area (Å²) in [4.78, 5) is 21.9. The van der Waals surface area contributed by atoms with Crippen LogP contribution in [0.3, 0.4) is 0 Å². The zero-order valence-electron chi connectivity index (χ0n) is 5.46. The van der Waals surface area contributed by atoms with E-state index in [4.69, 9.17) is 0 Å². The molecule has 0 aromatic carbocycles. The third-order valence-electron chi connectivity index (χ3n) is 1.39. The summed E-state index contributed by atoms with van der Waals surface area (Å²) in [5, 5.41) is -0.105. The molecule has 53 valence electrons. The van der Waals surface area contributed by atoms with Crippen molar-refractivity contribution in [3.8, 4) is 0 Å². The molecule has 0 spiro atoms. The van der Waals surface area contributed by atoms with E-state index in [1.165, 1.54) is 14.9 Å². The zero-order valence-corrected chi connectivity index (χ0v) is 9.13. The Kier molecular flexibility index (Phi) is 2.62. The van der Waals surface area contributed by atoms with Gasteiger partial charge in [0.05, 0.1) is 0 Å². The normalized spacial score (nSPS) is 26.2. The van der Waals surface area contributed by atoms with Crippen LogP contribution < -0.4 is 0 Å². The van der Waals surface area contributed by atoms with E-state index in [9.17, 15) is 9.59 Å². The first kappa shape index (κ1) is 8.39.